The first-order valence-electron chi connectivity index (χ1n) is 6.00. The number of benzene rings is 1. The summed E-state index contributed by atoms with van der Waals surface area (Å²) in [5.74, 6) is 1.59. The molecule has 0 N–H and O–H groups in total. The molecule has 94 valence electrons. The summed E-state index contributed by atoms with van der Waals surface area (Å²) in [4.78, 5) is 0. The lowest BCUT2D eigenvalue weighted by Crippen LogP contribution is -1.99. The van der Waals surface area contributed by atoms with Gasteiger partial charge in [-0.05, 0) is 45.7 Å². The molecule has 0 saturated heterocycles. The molecule has 0 aliphatic rings. The molecule has 0 aliphatic heterocycles. The first kappa shape index (κ1) is 12.5. The molecule has 0 spiro atoms. The Bertz CT molecular complexity index is 566. The van der Waals surface area contributed by atoms with Gasteiger partial charge in [0.25, 0.3) is 0 Å². The van der Waals surface area contributed by atoms with E-state index in [1.54, 1.807) is 4.68 Å². The number of aromatic nitrogens is 3. The summed E-state index contributed by atoms with van der Waals surface area (Å²) in [6.07, 6.45) is 1.88. The third kappa shape index (κ3) is 2.32. The van der Waals surface area contributed by atoms with Crippen LogP contribution in [-0.4, -0.2) is 21.1 Å². The maximum absolute atomic E-state index is 4.45. The molecule has 1 aromatic heterocycles. The number of aryl methyl sites for hydroxylation is 5. The van der Waals surface area contributed by atoms with Crippen LogP contribution in [0.5, 0.6) is 0 Å². The third-order valence-corrected chi connectivity index (χ3v) is 2.99. The van der Waals surface area contributed by atoms with E-state index >= 15 is 0 Å². The second kappa shape index (κ2) is 4.72. The van der Waals surface area contributed by atoms with Gasteiger partial charge in [-0.15, -0.1) is 10.2 Å². The van der Waals surface area contributed by atoms with Crippen LogP contribution >= 0.6 is 0 Å². The van der Waals surface area contributed by atoms with Gasteiger partial charge in [0.2, 0.25) is 0 Å². The minimum Gasteiger partial charge on any atom is -0.202 e. The molecule has 4 nitrogen and oxygen atoms in total. The highest BCUT2D eigenvalue weighted by Crippen LogP contribution is 2.14. The summed E-state index contributed by atoms with van der Waals surface area (Å²) in [6, 6.07) is 4.33. The first-order valence-corrected chi connectivity index (χ1v) is 6.00. The molecular formula is C14H18N4. The molecule has 0 fully saturated rings. The van der Waals surface area contributed by atoms with Crippen molar-refractivity contribution in [2.75, 3.05) is 0 Å². The van der Waals surface area contributed by atoms with Gasteiger partial charge in [0, 0.05) is 5.56 Å². The van der Waals surface area contributed by atoms with Crippen LogP contribution < -0.4 is 0 Å². The average molecular weight is 242 g/mol. The maximum atomic E-state index is 4.45. The van der Waals surface area contributed by atoms with E-state index < -0.39 is 0 Å². The molecule has 0 unspecified atom stereocenters. The lowest BCUT2D eigenvalue weighted by Gasteiger charge is -2.06. The number of hydrogen-bond donors (Lipinski definition) is 0. The Morgan fingerprint density at radius 3 is 1.94 bits per heavy atom. The molecule has 2 rings (SSSR count). The van der Waals surface area contributed by atoms with Crippen molar-refractivity contribution >= 4 is 6.21 Å². The smallest absolute Gasteiger partial charge is 0.151 e. The Hall–Kier alpha value is -1.97. The van der Waals surface area contributed by atoms with Gasteiger partial charge in [-0.2, -0.15) is 5.10 Å². The summed E-state index contributed by atoms with van der Waals surface area (Å²) in [5, 5.41) is 12.4. The quantitative estimate of drug-likeness (QED) is 0.760. The van der Waals surface area contributed by atoms with Crippen molar-refractivity contribution in [2.45, 2.75) is 34.6 Å². The molecule has 18 heavy (non-hydrogen) atoms. The lowest BCUT2D eigenvalue weighted by molar-refractivity contribution is 0.798. The fraction of sp³-hybridized carbons (Fsp3) is 0.357. The molecule has 0 radical (unpaired) electrons. The van der Waals surface area contributed by atoms with Crippen molar-refractivity contribution in [3.8, 4) is 0 Å². The van der Waals surface area contributed by atoms with Crippen LogP contribution in [0.2, 0.25) is 0 Å². The van der Waals surface area contributed by atoms with E-state index in [2.05, 4.69) is 48.2 Å². The maximum Gasteiger partial charge on any atom is 0.151 e. The van der Waals surface area contributed by atoms with Gasteiger partial charge in [0.05, 0.1) is 6.21 Å². The summed E-state index contributed by atoms with van der Waals surface area (Å²) in [7, 11) is 0. The Kier molecular flexibility index (Phi) is 3.28. The van der Waals surface area contributed by atoms with Crippen molar-refractivity contribution < 1.29 is 0 Å². The number of hydrogen-bond acceptors (Lipinski definition) is 3. The fourth-order valence-corrected chi connectivity index (χ4v) is 2.14. The van der Waals surface area contributed by atoms with Crippen molar-refractivity contribution in [3.05, 3.63) is 46.0 Å². The molecule has 0 atom stereocenters. The van der Waals surface area contributed by atoms with Gasteiger partial charge in [0.15, 0.2) is 11.6 Å². The second-order valence-electron chi connectivity index (χ2n) is 4.66. The van der Waals surface area contributed by atoms with E-state index in [1.807, 2.05) is 20.1 Å². The summed E-state index contributed by atoms with van der Waals surface area (Å²) in [5.41, 5.74) is 4.91. The van der Waals surface area contributed by atoms with Crippen molar-refractivity contribution in [1.29, 1.82) is 0 Å². The van der Waals surface area contributed by atoms with Gasteiger partial charge in [-0.25, -0.2) is 4.68 Å². The SMILES string of the molecule is Cc1cc(C)c(/C=N\n2c(C)nnc2C)c(C)c1. The van der Waals surface area contributed by atoms with Crippen LogP contribution in [0.1, 0.15) is 33.9 Å². The van der Waals surface area contributed by atoms with Crippen LogP contribution in [-0.2, 0) is 0 Å². The molecule has 1 heterocycles. The molecule has 1 aromatic carbocycles. The van der Waals surface area contributed by atoms with Gasteiger partial charge < -0.3 is 0 Å². The highest BCUT2D eigenvalue weighted by atomic mass is 15.4. The number of rotatable bonds is 2. The summed E-state index contributed by atoms with van der Waals surface area (Å²) >= 11 is 0. The zero-order chi connectivity index (χ0) is 13.3. The largest absolute Gasteiger partial charge is 0.202 e. The van der Waals surface area contributed by atoms with E-state index in [0.717, 1.165) is 17.2 Å². The van der Waals surface area contributed by atoms with E-state index in [1.165, 1.54) is 16.7 Å². The highest BCUT2D eigenvalue weighted by molar-refractivity contribution is 5.83. The Morgan fingerprint density at radius 1 is 0.944 bits per heavy atom. The predicted octanol–water partition coefficient (Wildman–Crippen LogP) is 2.70. The average Bonchev–Trinajstić information content (AvgIpc) is 2.58. The van der Waals surface area contributed by atoms with Gasteiger partial charge in [-0.1, -0.05) is 17.7 Å². The molecule has 0 aliphatic carbocycles. The Morgan fingerprint density at radius 2 is 1.44 bits per heavy atom. The predicted molar refractivity (Wildman–Crippen MR) is 73.1 cm³/mol. The van der Waals surface area contributed by atoms with Crippen LogP contribution in [0.4, 0.5) is 0 Å². The van der Waals surface area contributed by atoms with Gasteiger partial charge in [-0.3, -0.25) is 0 Å². The molecule has 0 bridgehead atoms. The summed E-state index contributed by atoms with van der Waals surface area (Å²) < 4.78 is 1.75. The topological polar surface area (TPSA) is 43.1 Å². The van der Waals surface area contributed by atoms with Crippen LogP contribution in [0, 0.1) is 34.6 Å². The zero-order valence-electron chi connectivity index (χ0n) is 11.5. The number of nitrogens with zero attached hydrogens (tertiary/aromatic N) is 4. The third-order valence-electron chi connectivity index (χ3n) is 2.99. The summed E-state index contributed by atoms with van der Waals surface area (Å²) in [6.45, 7) is 10.1. The second-order valence-corrected chi connectivity index (χ2v) is 4.66. The van der Waals surface area contributed by atoms with Crippen LogP contribution in [0.25, 0.3) is 0 Å². The molecule has 0 amide bonds. The van der Waals surface area contributed by atoms with Crippen molar-refractivity contribution in [2.24, 2.45) is 5.10 Å². The zero-order valence-corrected chi connectivity index (χ0v) is 11.5. The van der Waals surface area contributed by atoms with Crippen molar-refractivity contribution in [1.82, 2.24) is 14.9 Å². The monoisotopic (exact) mass is 242 g/mol. The van der Waals surface area contributed by atoms with Crippen LogP contribution in [0.15, 0.2) is 17.2 Å². The first-order chi connectivity index (χ1) is 8.49. The molecular weight excluding hydrogens is 224 g/mol. The van der Waals surface area contributed by atoms with Crippen LogP contribution in [0.3, 0.4) is 0 Å². The van der Waals surface area contributed by atoms with Crippen molar-refractivity contribution in [3.63, 3.8) is 0 Å². The van der Waals surface area contributed by atoms with E-state index in [4.69, 9.17) is 0 Å². The minimum absolute atomic E-state index is 0.797. The van der Waals surface area contributed by atoms with E-state index in [0.29, 0.717) is 0 Å². The minimum atomic E-state index is 0.797. The molecule has 4 heteroatoms. The Labute approximate surface area is 107 Å². The molecule has 0 saturated carbocycles. The van der Waals surface area contributed by atoms with E-state index in [9.17, 15) is 0 Å². The van der Waals surface area contributed by atoms with Gasteiger partial charge >= 0.3 is 0 Å². The Balaban J connectivity index is 2.41. The van der Waals surface area contributed by atoms with Gasteiger partial charge in [0.1, 0.15) is 0 Å². The normalized spacial score (nSPS) is 11.4. The fourth-order valence-electron chi connectivity index (χ4n) is 2.14. The van der Waals surface area contributed by atoms with E-state index in [-0.39, 0.29) is 0 Å². The highest BCUT2D eigenvalue weighted by Gasteiger charge is 2.04. The standard InChI is InChI=1S/C14H18N4/c1-9-6-10(2)14(11(3)7-9)8-15-18-12(4)16-17-13(18)5/h6-8H,1-5H3/b15-8-. The molecule has 2 aromatic rings. The lowest BCUT2D eigenvalue weighted by atomic mass is 10.0.